The summed E-state index contributed by atoms with van der Waals surface area (Å²) in [7, 11) is 0. The van der Waals surface area contributed by atoms with Crippen molar-refractivity contribution in [1.29, 1.82) is 0 Å². The molecule has 1 heterocycles. The van der Waals surface area contributed by atoms with Crippen LogP contribution in [0.25, 0.3) is 0 Å². The summed E-state index contributed by atoms with van der Waals surface area (Å²) in [6.07, 6.45) is -3.50. The topological polar surface area (TPSA) is 68.0 Å². The third-order valence-corrected chi connectivity index (χ3v) is 2.74. The molecule has 0 aliphatic rings. The smallest absolute Gasteiger partial charge is 0.398 e. The molecule has 0 bridgehead atoms. The molecule has 110 valence electrons. The first kappa shape index (κ1) is 14.8. The maximum atomic E-state index is 12.4. The number of nitrogens with one attached hydrogen (secondary N) is 1. The average molecular weight is 295 g/mol. The number of carbonyl (C=O) groups is 1. The van der Waals surface area contributed by atoms with E-state index in [1.54, 1.807) is 24.3 Å². The number of alkyl halides is 3. The SMILES string of the molecule is Nc1ccccc1CC(=O)Nc1ccc(C(F)(F)F)nc1. The van der Waals surface area contributed by atoms with Gasteiger partial charge in [-0.05, 0) is 23.8 Å². The van der Waals surface area contributed by atoms with Crippen molar-refractivity contribution >= 4 is 17.3 Å². The van der Waals surface area contributed by atoms with E-state index in [0.717, 1.165) is 18.3 Å². The lowest BCUT2D eigenvalue weighted by atomic mass is 10.1. The number of hydrogen-bond donors (Lipinski definition) is 2. The van der Waals surface area contributed by atoms with Gasteiger partial charge in [-0.2, -0.15) is 13.2 Å². The molecule has 0 radical (unpaired) electrons. The highest BCUT2D eigenvalue weighted by Gasteiger charge is 2.32. The number of halogens is 3. The number of benzene rings is 1. The van der Waals surface area contributed by atoms with Crippen molar-refractivity contribution in [2.45, 2.75) is 12.6 Å². The summed E-state index contributed by atoms with van der Waals surface area (Å²) in [5.41, 5.74) is 6.04. The summed E-state index contributed by atoms with van der Waals surface area (Å²) < 4.78 is 37.1. The number of nitrogens with zero attached hydrogens (tertiary/aromatic N) is 1. The van der Waals surface area contributed by atoms with E-state index in [1.165, 1.54) is 0 Å². The van der Waals surface area contributed by atoms with Gasteiger partial charge >= 0.3 is 6.18 Å². The third-order valence-electron chi connectivity index (χ3n) is 2.74. The molecule has 2 aromatic rings. The number of hydrogen-bond acceptors (Lipinski definition) is 3. The van der Waals surface area contributed by atoms with Gasteiger partial charge in [0.05, 0.1) is 18.3 Å². The Balaban J connectivity index is 2.02. The lowest BCUT2D eigenvalue weighted by molar-refractivity contribution is -0.141. The van der Waals surface area contributed by atoms with E-state index >= 15 is 0 Å². The Morgan fingerprint density at radius 3 is 2.48 bits per heavy atom. The van der Waals surface area contributed by atoms with Gasteiger partial charge in [0.15, 0.2) is 0 Å². The van der Waals surface area contributed by atoms with Crippen LogP contribution in [0.2, 0.25) is 0 Å². The largest absolute Gasteiger partial charge is 0.433 e. The van der Waals surface area contributed by atoms with Gasteiger partial charge in [0.2, 0.25) is 5.91 Å². The molecular weight excluding hydrogens is 283 g/mol. The van der Waals surface area contributed by atoms with Crippen LogP contribution in [0.3, 0.4) is 0 Å². The molecule has 1 aromatic heterocycles. The van der Waals surface area contributed by atoms with Gasteiger partial charge in [-0.25, -0.2) is 4.98 Å². The van der Waals surface area contributed by atoms with Crippen molar-refractivity contribution in [3.05, 3.63) is 53.9 Å². The lowest BCUT2D eigenvalue weighted by Gasteiger charge is -2.09. The van der Waals surface area contributed by atoms with E-state index in [-0.39, 0.29) is 18.0 Å². The molecule has 1 aromatic carbocycles. The van der Waals surface area contributed by atoms with Gasteiger partial charge < -0.3 is 11.1 Å². The fraction of sp³-hybridized carbons (Fsp3) is 0.143. The van der Waals surface area contributed by atoms with Crippen LogP contribution in [0.15, 0.2) is 42.6 Å². The van der Waals surface area contributed by atoms with Gasteiger partial charge in [0.1, 0.15) is 5.69 Å². The summed E-state index contributed by atoms with van der Waals surface area (Å²) in [5, 5.41) is 2.47. The molecule has 0 atom stereocenters. The molecule has 0 spiro atoms. The summed E-state index contributed by atoms with van der Waals surface area (Å²) in [6.45, 7) is 0. The second-order valence-electron chi connectivity index (χ2n) is 4.35. The fourth-order valence-corrected chi connectivity index (χ4v) is 1.71. The van der Waals surface area contributed by atoms with Gasteiger partial charge in [-0.15, -0.1) is 0 Å². The van der Waals surface area contributed by atoms with Crippen molar-refractivity contribution in [1.82, 2.24) is 4.98 Å². The number of para-hydroxylation sites is 1. The third kappa shape index (κ3) is 3.95. The fourth-order valence-electron chi connectivity index (χ4n) is 1.71. The highest BCUT2D eigenvalue weighted by molar-refractivity contribution is 5.92. The summed E-state index contributed by atoms with van der Waals surface area (Å²) in [5.74, 6) is -0.380. The second-order valence-corrected chi connectivity index (χ2v) is 4.35. The number of carbonyl (C=O) groups excluding carboxylic acids is 1. The van der Waals surface area contributed by atoms with E-state index in [9.17, 15) is 18.0 Å². The Bertz CT molecular complexity index is 639. The Morgan fingerprint density at radius 1 is 1.19 bits per heavy atom. The maximum Gasteiger partial charge on any atom is 0.433 e. The predicted molar refractivity (Wildman–Crippen MR) is 72.4 cm³/mol. The van der Waals surface area contributed by atoms with Gasteiger partial charge in [-0.3, -0.25) is 4.79 Å². The van der Waals surface area contributed by atoms with Crippen LogP contribution in [0.4, 0.5) is 24.5 Å². The van der Waals surface area contributed by atoms with Gasteiger partial charge in [0.25, 0.3) is 0 Å². The number of nitrogen functional groups attached to an aromatic ring is 1. The van der Waals surface area contributed by atoms with Crippen LogP contribution in [-0.4, -0.2) is 10.9 Å². The van der Waals surface area contributed by atoms with Crippen LogP contribution in [-0.2, 0) is 17.4 Å². The monoisotopic (exact) mass is 295 g/mol. The molecule has 0 aliphatic heterocycles. The number of aromatic nitrogens is 1. The first-order valence-corrected chi connectivity index (χ1v) is 6.03. The van der Waals surface area contributed by atoms with Gasteiger partial charge in [-0.1, -0.05) is 18.2 Å². The minimum absolute atomic E-state index is 0.0354. The number of nitrogens with two attached hydrogens (primary N) is 1. The van der Waals surface area contributed by atoms with Crippen LogP contribution >= 0.6 is 0 Å². The molecule has 0 saturated heterocycles. The van der Waals surface area contributed by atoms with Crippen molar-refractivity contribution in [2.24, 2.45) is 0 Å². The molecular formula is C14H12F3N3O. The first-order valence-electron chi connectivity index (χ1n) is 6.03. The second kappa shape index (κ2) is 5.82. The van der Waals surface area contributed by atoms with Crippen molar-refractivity contribution < 1.29 is 18.0 Å². The van der Waals surface area contributed by atoms with Crippen molar-refractivity contribution in [3.63, 3.8) is 0 Å². The van der Waals surface area contributed by atoms with Gasteiger partial charge in [0, 0.05) is 5.69 Å². The summed E-state index contributed by atoms with van der Waals surface area (Å²) in [6, 6.07) is 8.84. The number of anilines is 2. The molecule has 4 nitrogen and oxygen atoms in total. The molecule has 3 N–H and O–H groups in total. The molecule has 0 aliphatic carbocycles. The van der Waals surface area contributed by atoms with Crippen LogP contribution in [0.5, 0.6) is 0 Å². The molecule has 0 saturated carbocycles. The molecule has 21 heavy (non-hydrogen) atoms. The number of pyridine rings is 1. The zero-order valence-electron chi connectivity index (χ0n) is 10.8. The number of rotatable bonds is 3. The molecule has 7 heteroatoms. The zero-order chi connectivity index (χ0) is 15.5. The number of amides is 1. The molecule has 0 fully saturated rings. The molecule has 2 rings (SSSR count). The minimum Gasteiger partial charge on any atom is -0.398 e. The summed E-state index contributed by atoms with van der Waals surface area (Å²) >= 11 is 0. The predicted octanol–water partition coefficient (Wildman–Crippen LogP) is 2.86. The van der Waals surface area contributed by atoms with E-state index in [0.29, 0.717) is 11.3 Å². The lowest BCUT2D eigenvalue weighted by Crippen LogP contribution is -2.16. The normalized spacial score (nSPS) is 11.2. The maximum absolute atomic E-state index is 12.4. The highest BCUT2D eigenvalue weighted by Crippen LogP contribution is 2.27. The highest BCUT2D eigenvalue weighted by atomic mass is 19.4. The molecule has 0 unspecified atom stereocenters. The van der Waals surface area contributed by atoms with E-state index in [4.69, 9.17) is 5.73 Å². The van der Waals surface area contributed by atoms with Crippen LogP contribution in [0.1, 0.15) is 11.3 Å². The Hall–Kier alpha value is -2.57. The van der Waals surface area contributed by atoms with Crippen molar-refractivity contribution in [3.8, 4) is 0 Å². The van der Waals surface area contributed by atoms with Crippen LogP contribution in [0, 0.1) is 0 Å². The van der Waals surface area contributed by atoms with E-state index in [2.05, 4.69) is 10.3 Å². The Labute approximate surface area is 118 Å². The standard InChI is InChI=1S/C14H12F3N3O/c15-14(16,17)12-6-5-10(8-19-12)20-13(21)7-9-3-1-2-4-11(9)18/h1-6,8H,7,18H2,(H,20,21). The Kier molecular flexibility index (Phi) is 4.11. The summed E-state index contributed by atoms with van der Waals surface area (Å²) in [4.78, 5) is 15.1. The average Bonchev–Trinajstić information content (AvgIpc) is 2.41. The first-order chi connectivity index (χ1) is 9.86. The zero-order valence-corrected chi connectivity index (χ0v) is 10.8. The quantitative estimate of drug-likeness (QED) is 0.856. The van der Waals surface area contributed by atoms with Crippen molar-refractivity contribution in [2.75, 3.05) is 11.1 Å². The van der Waals surface area contributed by atoms with Crippen LogP contribution < -0.4 is 11.1 Å². The van der Waals surface area contributed by atoms with E-state index < -0.39 is 11.9 Å². The Morgan fingerprint density at radius 2 is 1.90 bits per heavy atom. The van der Waals surface area contributed by atoms with E-state index in [1.807, 2.05) is 0 Å². The molecule has 1 amide bonds. The minimum atomic E-state index is -4.50.